The lowest BCUT2D eigenvalue weighted by atomic mass is 9.82. The van der Waals surface area contributed by atoms with Gasteiger partial charge in [-0.3, -0.25) is 0 Å². The third kappa shape index (κ3) is 2.93. The minimum atomic E-state index is -0.262. The second-order valence-electron chi connectivity index (χ2n) is 7.20. The number of aliphatic hydroxyl groups excluding tert-OH is 1. The van der Waals surface area contributed by atoms with E-state index in [4.69, 9.17) is 0 Å². The van der Waals surface area contributed by atoms with Crippen LogP contribution in [0.1, 0.15) is 46.7 Å². The minimum absolute atomic E-state index is 0.262. The first-order valence-electron chi connectivity index (χ1n) is 8.47. The van der Waals surface area contributed by atoms with Crippen molar-refractivity contribution in [2.75, 3.05) is 0 Å². The largest absolute Gasteiger partial charge is 0.512 e. The van der Waals surface area contributed by atoms with Gasteiger partial charge < -0.3 is 5.11 Å². The van der Waals surface area contributed by atoms with Gasteiger partial charge in [0, 0.05) is 5.41 Å². The zero-order valence-corrected chi connectivity index (χ0v) is 14.4. The molecule has 120 valence electrons. The molecule has 0 saturated carbocycles. The summed E-state index contributed by atoms with van der Waals surface area (Å²) in [6, 6.07) is 13.5. The van der Waals surface area contributed by atoms with Crippen LogP contribution in [-0.2, 0) is 24.7 Å². The molecule has 1 N–H and O–H groups in total. The smallest absolute Gasteiger partial charge is 0.0953 e. The molecule has 1 heteroatoms. The number of hydrogen-bond acceptors (Lipinski definition) is 1. The van der Waals surface area contributed by atoms with E-state index in [-0.39, 0.29) is 5.41 Å². The minimum Gasteiger partial charge on any atom is -0.512 e. The number of hydrogen-bond donors (Lipinski definition) is 1. The van der Waals surface area contributed by atoms with Gasteiger partial charge in [0.05, 0.1) is 5.76 Å². The number of allylic oxidation sites excluding steroid dienone is 1. The van der Waals surface area contributed by atoms with Crippen LogP contribution in [0.4, 0.5) is 0 Å². The van der Waals surface area contributed by atoms with Gasteiger partial charge in [0.15, 0.2) is 0 Å². The summed E-state index contributed by atoms with van der Waals surface area (Å²) in [4.78, 5) is 0. The van der Waals surface area contributed by atoms with Gasteiger partial charge in [0.2, 0.25) is 0 Å². The first-order chi connectivity index (χ1) is 10.9. The average molecular weight is 306 g/mol. The summed E-state index contributed by atoms with van der Waals surface area (Å²) >= 11 is 0. The van der Waals surface area contributed by atoms with Crippen molar-refractivity contribution >= 4 is 0 Å². The van der Waals surface area contributed by atoms with Crippen LogP contribution in [0.15, 0.2) is 48.7 Å². The normalized spacial score (nSPS) is 19.6. The molecule has 0 saturated heterocycles. The van der Waals surface area contributed by atoms with Crippen LogP contribution in [0, 0.1) is 13.8 Å². The number of rotatable bonds is 4. The zero-order chi connectivity index (χ0) is 16.6. The van der Waals surface area contributed by atoms with E-state index < -0.39 is 0 Å². The Balaban J connectivity index is 1.77. The molecule has 2 aromatic rings. The molecular weight excluding hydrogens is 280 g/mol. The number of benzene rings is 2. The van der Waals surface area contributed by atoms with Crippen LogP contribution in [-0.4, -0.2) is 5.11 Å². The second-order valence-corrected chi connectivity index (χ2v) is 7.20. The van der Waals surface area contributed by atoms with Crippen molar-refractivity contribution in [2.45, 2.75) is 51.9 Å². The lowest BCUT2D eigenvalue weighted by Crippen LogP contribution is -2.20. The molecule has 1 atom stereocenters. The Morgan fingerprint density at radius 3 is 2.61 bits per heavy atom. The van der Waals surface area contributed by atoms with Crippen molar-refractivity contribution in [1.82, 2.24) is 0 Å². The van der Waals surface area contributed by atoms with Gasteiger partial charge >= 0.3 is 0 Å². The van der Waals surface area contributed by atoms with Gasteiger partial charge in [-0.15, -0.1) is 0 Å². The molecule has 23 heavy (non-hydrogen) atoms. The SMILES string of the molecule is C=C(O)C1(C)CCc2cc(CCc3ccc(C)cc3C)ccc21. The average Bonchev–Trinajstić information content (AvgIpc) is 2.85. The standard InChI is InChI=1S/C22H26O/c1-15-5-8-19(16(2)13-15)9-6-18-7-10-21-20(14-18)11-12-22(21,4)17(3)23/h5,7-8,10,13-14,23H,3,6,9,11-12H2,1-2,4H3. The Hall–Kier alpha value is -2.02. The molecule has 0 bridgehead atoms. The van der Waals surface area contributed by atoms with Crippen LogP contribution in [0.25, 0.3) is 0 Å². The van der Waals surface area contributed by atoms with E-state index in [2.05, 4.69) is 63.7 Å². The molecule has 1 unspecified atom stereocenters. The lowest BCUT2D eigenvalue weighted by molar-refractivity contribution is 0.308. The lowest BCUT2D eigenvalue weighted by Gasteiger charge is -2.24. The van der Waals surface area contributed by atoms with Crippen molar-refractivity contribution < 1.29 is 5.11 Å². The molecule has 1 nitrogen and oxygen atoms in total. The van der Waals surface area contributed by atoms with Gasteiger partial charge in [-0.25, -0.2) is 0 Å². The van der Waals surface area contributed by atoms with Gasteiger partial charge in [-0.2, -0.15) is 0 Å². The van der Waals surface area contributed by atoms with Crippen LogP contribution in [0.2, 0.25) is 0 Å². The molecule has 0 amide bonds. The van der Waals surface area contributed by atoms with Crippen LogP contribution in [0.5, 0.6) is 0 Å². The van der Waals surface area contributed by atoms with E-state index in [9.17, 15) is 5.11 Å². The molecule has 1 aliphatic carbocycles. The van der Waals surface area contributed by atoms with Crippen molar-refractivity contribution in [3.63, 3.8) is 0 Å². The van der Waals surface area contributed by atoms with E-state index in [1.54, 1.807) is 0 Å². The molecule has 0 aromatic heterocycles. The Bertz CT molecular complexity index is 757. The predicted molar refractivity (Wildman–Crippen MR) is 97.2 cm³/mol. The molecule has 0 heterocycles. The summed E-state index contributed by atoms with van der Waals surface area (Å²) in [7, 11) is 0. The summed E-state index contributed by atoms with van der Waals surface area (Å²) in [6.45, 7) is 10.2. The molecule has 2 aromatic carbocycles. The fourth-order valence-electron chi connectivity index (χ4n) is 3.77. The molecule has 0 fully saturated rings. The number of aliphatic hydroxyl groups is 1. The highest BCUT2D eigenvalue weighted by Crippen LogP contribution is 2.42. The van der Waals surface area contributed by atoms with E-state index >= 15 is 0 Å². The van der Waals surface area contributed by atoms with Crippen molar-refractivity contribution in [2.24, 2.45) is 0 Å². The number of fused-ring (bicyclic) bond motifs is 1. The van der Waals surface area contributed by atoms with Crippen molar-refractivity contribution in [1.29, 1.82) is 0 Å². The van der Waals surface area contributed by atoms with Gasteiger partial charge in [-0.05, 0) is 74.3 Å². The quantitative estimate of drug-likeness (QED) is 0.753. The topological polar surface area (TPSA) is 20.2 Å². The van der Waals surface area contributed by atoms with Crippen LogP contribution < -0.4 is 0 Å². The van der Waals surface area contributed by atoms with E-state index in [1.807, 2.05) is 0 Å². The first-order valence-corrected chi connectivity index (χ1v) is 8.47. The summed E-state index contributed by atoms with van der Waals surface area (Å²) in [5.74, 6) is 0.291. The molecule has 0 aliphatic heterocycles. The highest BCUT2D eigenvalue weighted by molar-refractivity contribution is 5.45. The van der Waals surface area contributed by atoms with Crippen molar-refractivity contribution in [3.8, 4) is 0 Å². The third-order valence-electron chi connectivity index (χ3n) is 5.48. The van der Waals surface area contributed by atoms with E-state index in [1.165, 1.54) is 33.4 Å². The van der Waals surface area contributed by atoms with Gasteiger partial charge in [-0.1, -0.05) is 48.5 Å². The van der Waals surface area contributed by atoms with Crippen molar-refractivity contribution in [3.05, 3.63) is 82.1 Å². The fraction of sp³-hybridized carbons (Fsp3) is 0.364. The first kappa shape index (κ1) is 15.9. The van der Waals surface area contributed by atoms with Crippen LogP contribution >= 0.6 is 0 Å². The summed E-state index contributed by atoms with van der Waals surface area (Å²) < 4.78 is 0. The Kier molecular flexibility index (Phi) is 4.06. The maximum absolute atomic E-state index is 9.94. The fourth-order valence-corrected chi connectivity index (χ4v) is 3.77. The van der Waals surface area contributed by atoms with E-state index in [0.717, 1.165) is 25.7 Å². The maximum atomic E-state index is 9.94. The molecule has 3 rings (SSSR count). The Morgan fingerprint density at radius 1 is 1.13 bits per heavy atom. The second kappa shape index (κ2) is 5.88. The molecule has 1 aliphatic rings. The molecule has 0 spiro atoms. The van der Waals surface area contributed by atoms with E-state index in [0.29, 0.717) is 5.76 Å². The highest BCUT2D eigenvalue weighted by atomic mass is 16.3. The molecular formula is C22H26O. The predicted octanol–water partition coefficient (Wildman–Crippen LogP) is 5.36. The highest BCUT2D eigenvalue weighted by Gasteiger charge is 2.36. The summed E-state index contributed by atoms with van der Waals surface area (Å²) in [6.07, 6.45) is 4.13. The zero-order valence-electron chi connectivity index (χ0n) is 14.4. The Morgan fingerprint density at radius 2 is 1.91 bits per heavy atom. The summed E-state index contributed by atoms with van der Waals surface area (Å²) in [5.41, 5.74) is 7.89. The molecule has 0 radical (unpaired) electrons. The summed E-state index contributed by atoms with van der Waals surface area (Å²) in [5, 5.41) is 9.94. The number of aryl methyl sites for hydroxylation is 5. The van der Waals surface area contributed by atoms with Crippen LogP contribution in [0.3, 0.4) is 0 Å². The van der Waals surface area contributed by atoms with Gasteiger partial charge in [0.25, 0.3) is 0 Å². The monoisotopic (exact) mass is 306 g/mol. The maximum Gasteiger partial charge on any atom is 0.0953 e. The van der Waals surface area contributed by atoms with Gasteiger partial charge in [0.1, 0.15) is 0 Å². The third-order valence-corrected chi connectivity index (χ3v) is 5.48. The Labute approximate surface area is 139 Å².